The van der Waals surface area contributed by atoms with Crippen molar-refractivity contribution in [2.45, 2.75) is 25.4 Å². The molecule has 31 heavy (non-hydrogen) atoms. The maximum atomic E-state index is 13.8. The van der Waals surface area contributed by atoms with E-state index in [1.807, 2.05) is 6.92 Å². The van der Waals surface area contributed by atoms with Gasteiger partial charge in [-0.15, -0.1) is 0 Å². The van der Waals surface area contributed by atoms with E-state index >= 15 is 0 Å². The van der Waals surface area contributed by atoms with Crippen LogP contribution in [0.5, 0.6) is 0 Å². The number of halogens is 2. The molecule has 0 saturated carbocycles. The van der Waals surface area contributed by atoms with Crippen molar-refractivity contribution in [3.8, 4) is 0 Å². The molecule has 0 amide bonds. The molecule has 2 unspecified atom stereocenters. The summed E-state index contributed by atoms with van der Waals surface area (Å²) >= 11 is 6.31. The third-order valence-corrected chi connectivity index (χ3v) is 5.38. The van der Waals surface area contributed by atoms with E-state index in [9.17, 15) is 4.39 Å². The monoisotopic (exact) mass is 482 g/mol. The number of rotatable bonds is 9. The first-order chi connectivity index (χ1) is 14.6. The summed E-state index contributed by atoms with van der Waals surface area (Å²) in [6, 6.07) is 1.80. The van der Waals surface area contributed by atoms with Crippen LogP contribution in [-0.2, 0) is 0 Å². The molecule has 166 valence electrons. The van der Waals surface area contributed by atoms with Crippen LogP contribution in [0.1, 0.15) is 25.8 Å². The van der Waals surface area contributed by atoms with Crippen LogP contribution >= 0.6 is 30.1 Å². The maximum absolute atomic E-state index is 13.8. The van der Waals surface area contributed by atoms with E-state index in [0.29, 0.717) is 41.7 Å². The molecule has 8 nitrogen and oxygen atoms in total. The normalized spacial score (nSPS) is 14.6. The first-order valence-electron chi connectivity index (χ1n) is 9.32. The van der Waals surface area contributed by atoms with Crippen molar-refractivity contribution in [3.63, 3.8) is 0 Å². The molecule has 4 N–H and O–H groups in total. The summed E-state index contributed by atoms with van der Waals surface area (Å²) in [6.07, 6.45) is 5.51. The van der Waals surface area contributed by atoms with E-state index in [-0.39, 0.29) is 5.96 Å². The van der Waals surface area contributed by atoms with Crippen molar-refractivity contribution in [2.24, 2.45) is 15.2 Å². The Bertz CT molecular complexity index is 966. The number of hydrogen-bond acceptors (Lipinski definition) is 6. The van der Waals surface area contributed by atoms with E-state index in [0.717, 1.165) is 17.0 Å². The van der Waals surface area contributed by atoms with Gasteiger partial charge >= 0.3 is 0 Å². The van der Waals surface area contributed by atoms with E-state index in [2.05, 4.69) is 61.3 Å². The lowest BCUT2D eigenvalue weighted by Gasteiger charge is -2.14. The zero-order chi connectivity index (χ0) is 23.0. The number of alkyl halides is 1. The van der Waals surface area contributed by atoms with Gasteiger partial charge < -0.3 is 16.0 Å². The molecule has 1 aromatic rings. The van der Waals surface area contributed by atoms with Gasteiger partial charge in [0.2, 0.25) is 0 Å². The fourth-order valence-corrected chi connectivity index (χ4v) is 2.78. The van der Waals surface area contributed by atoms with Gasteiger partial charge in [0, 0.05) is 37.0 Å². The van der Waals surface area contributed by atoms with E-state index in [4.69, 9.17) is 17.0 Å². The number of hydrogen-bond donors (Lipinski definition) is 4. The number of nitrogens with one attached hydrogen (secondary N) is 4. The highest BCUT2D eigenvalue weighted by Gasteiger charge is 2.17. The molecule has 0 aromatic carbocycles. The number of aliphatic imine (C=N–C) groups is 1. The molecule has 0 spiro atoms. The highest BCUT2D eigenvalue weighted by molar-refractivity contribution is 7.40. The molecule has 0 radical (unpaired) electrons. The van der Waals surface area contributed by atoms with Crippen LogP contribution in [0.4, 0.5) is 10.2 Å². The van der Waals surface area contributed by atoms with Crippen molar-refractivity contribution >= 4 is 60.0 Å². The zero-order valence-corrected chi connectivity index (χ0v) is 20.4. The number of anilines is 1. The van der Waals surface area contributed by atoms with E-state index in [1.165, 1.54) is 0 Å². The van der Waals surface area contributed by atoms with Crippen molar-refractivity contribution in [2.75, 3.05) is 18.4 Å². The molecule has 1 aliphatic heterocycles. The average Bonchev–Trinajstić information content (AvgIpc) is 3.14. The topological polar surface area (TPSA) is 110 Å². The van der Waals surface area contributed by atoms with Crippen LogP contribution in [0.2, 0.25) is 5.02 Å². The lowest BCUT2D eigenvalue weighted by Crippen LogP contribution is -2.38. The fourth-order valence-electron chi connectivity index (χ4n) is 2.35. The minimum Gasteiger partial charge on any atom is -0.367 e. The summed E-state index contributed by atoms with van der Waals surface area (Å²) in [5, 5.41) is 23.7. The Morgan fingerprint density at radius 1 is 1.39 bits per heavy atom. The van der Waals surface area contributed by atoms with Crippen LogP contribution in [-0.4, -0.2) is 47.3 Å². The van der Waals surface area contributed by atoms with Gasteiger partial charge in [-0.2, -0.15) is 10.2 Å². The summed E-state index contributed by atoms with van der Waals surface area (Å²) in [7, 11) is 4.18. The molecule has 0 aliphatic carbocycles. The van der Waals surface area contributed by atoms with Gasteiger partial charge in [-0.1, -0.05) is 36.2 Å². The van der Waals surface area contributed by atoms with Gasteiger partial charge in [0.15, 0.2) is 11.1 Å². The predicted octanol–water partition coefficient (Wildman–Crippen LogP) is 3.69. The fraction of sp³-hybridized carbons (Fsp3) is 0.316. The largest absolute Gasteiger partial charge is 0.367 e. The van der Waals surface area contributed by atoms with Gasteiger partial charge in [0.05, 0.1) is 10.7 Å². The number of allylic oxidation sites excluding steroid dienone is 3. The number of pyridine rings is 1. The van der Waals surface area contributed by atoms with Gasteiger partial charge in [-0.05, 0) is 38.3 Å². The molecular weight excluding hydrogens is 457 g/mol. The summed E-state index contributed by atoms with van der Waals surface area (Å²) in [4.78, 5) is 8.13. The highest BCUT2D eigenvalue weighted by atomic mass is 35.5. The molecule has 2 rings (SSSR count). The SMILES string of the molecule is C=N/C(=C\C=C(/C)C(F)(P)P)NC(=N)NCCNc1ncc(C2=NN=C(C)C2)cc1Cl. The molecule has 1 aromatic heterocycles. The first-order valence-corrected chi connectivity index (χ1v) is 10.8. The number of aromatic nitrogens is 1. The number of guanidine groups is 1. The minimum atomic E-state index is -1.59. The Hall–Kier alpha value is -2.21. The second-order valence-corrected chi connectivity index (χ2v) is 9.55. The summed E-state index contributed by atoms with van der Waals surface area (Å²) in [6.45, 7) is 7.92. The minimum absolute atomic E-state index is 0.0266. The van der Waals surface area contributed by atoms with E-state index in [1.54, 1.807) is 31.3 Å². The molecule has 2 heterocycles. The maximum Gasteiger partial charge on any atom is 0.194 e. The van der Waals surface area contributed by atoms with Gasteiger partial charge in [-0.25, -0.2) is 14.4 Å². The number of nitrogens with zero attached hydrogens (tertiary/aromatic N) is 4. The lowest BCUT2D eigenvalue weighted by molar-refractivity contribution is 0.460. The molecular formula is C19H26ClFN8P2. The summed E-state index contributed by atoms with van der Waals surface area (Å²) in [5.74, 6) is 0.888. The van der Waals surface area contributed by atoms with Gasteiger partial charge in [0.1, 0.15) is 11.6 Å². The van der Waals surface area contributed by atoms with Crippen molar-refractivity contribution in [3.05, 3.63) is 46.4 Å². The summed E-state index contributed by atoms with van der Waals surface area (Å²) in [5.41, 5.74) is 3.11. The van der Waals surface area contributed by atoms with Crippen LogP contribution in [0.15, 0.2) is 51.0 Å². The van der Waals surface area contributed by atoms with Crippen molar-refractivity contribution in [1.29, 1.82) is 5.41 Å². The molecule has 0 bridgehead atoms. The standard InChI is InChI=1S/C19H26ClFN8P2/c1-11(19(21,30)31)4-5-16(23-3)27-18(22)25-7-6-24-17-14(20)9-13(10-26-17)15-8-12(2)28-29-15/h4-5,9-10H,3,6-8,30-31H2,1-2H3,(H,24,26)(H3,22,25,27)/b11-4+,16-5+. The molecule has 1 aliphatic rings. The van der Waals surface area contributed by atoms with Crippen LogP contribution in [0, 0.1) is 5.41 Å². The van der Waals surface area contributed by atoms with Crippen molar-refractivity contribution < 1.29 is 4.39 Å². The Morgan fingerprint density at radius 2 is 2.13 bits per heavy atom. The molecule has 12 heteroatoms. The Balaban J connectivity index is 1.80. The second kappa shape index (κ2) is 11.4. The third-order valence-electron chi connectivity index (χ3n) is 4.18. The molecule has 2 atom stereocenters. The highest BCUT2D eigenvalue weighted by Crippen LogP contribution is 2.36. The van der Waals surface area contributed by atoms with Gasteiger partial charge in [-0.3, -0.25) is 5.41 Å². The Kier molecular flexibility index (Phi) is 9.23. The second-order valence-electron chi connectivity index (χ2n) is 6.79. The molecule has 0 fully saturated rings. The quantitative estimate of drug-likeness (QED) is 0.141. The average molecular weight is 483 g/mol. The van der Waals surface area contributed by atoms with Crippen molar-refractivity contribution in [1.82, 2.24) is 15.6 Å². The van der Waals surface area contributed by atoms with Crippen LogP contribution in [0.25, 0.3) is 0 Å². The Morgan fingerprint density at radius 3 is 2.71 bits per heavy atom. The van der Waals surface area contributed by atoms with Crippen LogP contribution < -0.4 is 16.0 Å². The third kappa shape index (κ3) is 8.09. The first kappa shape index (κ1) is 25.1. The molecule has 0 saturated heterocycles. The predicted molar refractivity (Wildman–Crippen MR) is 136 cm³/mol. The van der Waals surface area contributed by atoms with Gasteiger partial charge in [0.25, 0.3) is 0 Å². The lowest BCUT2D eigenvalue weighted by atomic mass is 10.1. The Labute approximate surface area is 190 Å². The smallest absolute Gasteiger partial charge is 0.194 e. The summed E-state index contributed by atoms with van der Waals surface area (Å²) < 4.78 is 13.8. The zero-order valence-electron chi connectivity index (χ0n) is 17.3. The van der Waals surface area contributed by atoms with E-state index < -0.39 is 5.15 Å². The van der Waals surface area contributed by atoms with Crippen LogP contribution in [0.3, 0.4) is 0 Å².